The van der Waals surface area contributed by atoms with E-state index in [9.17, 15) is 15.3 Å². The zero-order valence-electron chi connectivity index (χ0n) is 8.93. The summed E-state index contributed by atoms with van der Waals surface area (Å²) in [5, 5.41) is 46.1. The molecule has 6 unspecified atom stereocenters. The zero-order valence-corrected chi connectivity index (χ0v) is 8.93. The van der Waals surface area contributed by atoms with Crippen LogP contribution in [-0.4, -0.2) is 75.6 Å². The molecule has 5 N–H and O–H groups in total. The van der Waals surface area contributed by atoms with Gasteiger partial charge in [-0.1, -0.05) is 0 Å². The third kappa shape index (κ3) is 3.11. The molecule has 16 heavy (non-hydrogen) atoms. The van der Waals surface area contributed by atoms with Gasteiger partial charge < -0.3 is 35.0 Å². The lowest BCUT2D eigenvalue weighted by Crippen LogP contribution is -2.53. The first kappa shape index (κ1) is 13.8. The van der Waals surface area contributed by atoms with Gasteiger partial charge in [0.25, 0.3) is 0 Å². The summed E-state index contributed by atoms with van der Waals surface area (Å²) in [6.07, 6.45) is -7.10. The molecule has 1 heterocycles. The lowest BCUT2D eigenvalue weighted by atomic mass is 10.0. The van der Waals surface area contributed by atoms with Crippen molar-refractivity contribution in [3.63, 3.8) is 0 Å². The monoisotopic (exact) mass is 238 g/mol. The lowest BCUT2D eigenvalue weighted by molar-refractivity contribution is -0.279. The minimum absolute atomic E-state index is 0.00536. The van der Waals surface area contributed by atoms with Gasteiger partial charge in [-0.25, -0.2) is 0 Å². The second-order valence-corrected chi connectivity index (χ2v) is 3.83. The van der Waals surface area contributed by atoms with Crippen molar-refractivity contribution in [2.45, 2.75) is 43.7 Å². The Kier molecular flexibility index (Phi) is 5.06. The van der Waals surface area contributed by atoms with Crippen molar-refractivity contribution in [3.05, 3.63) is 0 Å². The quantitative estimate of drug-likeness (QED) is 0.358. The number of rotatable bonds is 4. The summed E-state index contributed by atoms with van der Waals surface area (Å²) in [5.74, 6) is 0. The normalized spacial score (nSPS) is 36.8. The van der Waals surface area contributed by atoms with Crippen molar-refractivity contribution in [1.82, 2.24) is 0 Å². The Morgan fingerprint density at radius 3 is 2.44 bits per heavy atom. The first-order valence-corrected chi connectivity index (χ1v) is 5.07. The summed E-state index contributed by atoms with van der Waals surface area (Å²) >= 11 is 0. The molecule has 1 aliphatic rings. The third-order valence-corrected chi connectivity index (χ3v) is 2.55. The van der Waals surface area contributed by atoms with Gasteiger partial charge >= 0.3 is 0 Å². The van der Waals surface area contributed by atoms with E-state index in [1.165, 1.54) is 0 Å². The van der Waals surface area contributed by atoms with E-state index in [-0.39, 0.29) is 6.61 Å². The van der Waals surface area contributed by atoms with Gasteiger partial charge in [-0.05, 0) is 6.92 Å². The number of ether oxygens (including phenoxy) is 2. The van der Waals surface area contributed by atoms with Crippen molar-refractivity contribution in [2.75, 3.05) is 13.2 Å². The highest BCUT2D eigenvalue weighted by atomic mass is 16.7. The molecule has 7 heteroatoms. The maximum atomic E-state index is 9.61. The van der Waals surface area contributed by atoms with Gasteiger partial charge in [0.2, 0.25) is 0 Å². The first-order valence-electron chi connectivity index (χ1n) is 5.07. The molecule has 0 aliphatic carbocycles. The Hall–Kier alpha value is -0.280. The Labute approximate surface area is 92.9 Å². The fourth-order valence-electron chi connectivity index (χ4n) is 1.39. The Bertz CT molecular complexity index is 212. The van der Waals surface area contributed by atoms with E-state index >= 15 is 0 Å². The largest absolute Gasteiger partial charge is 0.394 e. The van der Waals surface area contributed by atoms with Crippen LogP contribution in [0.15, 0.2) is 0 Å². The molecule has 7 nitrogen and oxygen atoms in total. The fraction of sp³-hybridized carbons (Fsp3) is 1.00. The SMILES string of the molecule is CC1OCC(C(O)C(O)C(O)CO)OC1O. The second kappa shape index (κ2) is 5.87. The molecule has 1 aliphatic heterocycles. The highest BCUT2D eigenvalue weighted by molar-refractivity contribution is 4.83. The van der Waals surface area contributed by atoms with Crippen LogP contribution in [0.25, 0.3) is 0 Å². The van der Waals surface area contributed by atoms with E-state index in [2.05, 4.69) is 0 Å². The molecule has 1 fully saturated rings. The van der Waals surface area contributed by atoms with E-state index < -0.39 is 43.4 Å². The van der Waals surface area contributed by atoms with E-state index in [0.717, 1.165) is 0 Å². The Morgan fingerprint density at radius 2 is 1.94 bits per heavy atom. The lowest BCUT2D eigenvalue weighted by Gasteiger charge is -2.36. The average Bonchev–Trinajstić information content (AvgIpc) is 2.29. The maximum Gasteiger partial charge on any atom is 0.181 e. The highest BCUT2D eigenvalue weighted by Crippen LogP contribution is 2.17. The summed E-state index contributed by atoms with van der Waals surface area (Å²) in [4.78, 5) is 0. The summed E-state index contributed by atoms with van der Waals surface area (Å²) in [6, 6.07) is 0. The summed E-state index contributed by atoms with van der Waals surface area (Å²) in [6.45, 7) is 0.922. The van der Waals surface area contributed by atoms with Gasteiger partial charge in [-0.3, -0.25) is 0 Å². The Morgan fingerprint density at radius 1 is 1.31 bits per heavy atom. The Balaban J connectivity index is 2.51. The van der Waals surface area contributed by atoms with E-state index in [0.29, 0.717) is 0 Å². The average molecular weight is 238 g/mol. The number of hydrogen-bond donors (Lipinski definition) is 5. The molecule has 0 saturated carbocycles. The van der Waals surface area contributed by atoms with Crippen molar-refractivity contribution >= 4 is 0 Å². The predicted molar refractivity (Wildman–Crippen MR) is 51.4 cm³/mol. The summed E-state index contributed by atoms with van der Waals surface area (Å²) < 4.78 is 10.1. The van der Waals surface area contributed by atoms with Crippen LogP contribution in [0.5, 0.6) is 0 Å². The summed E-state index contributed by atoms with van der Waals surface area (Å²) in [7, 11) is 0. The van der Waals surface area contributed by atoms with Gasteiger partial charge in [0.15, 0.2) is 6.29 Å². The molecule has 96 valence electrons. The van der Waals surface area contributed by atoms with Gasteiger partial charge in [-0.15, -0.1) is 0 Å². The highest BCUT2D eigenvalue weighted by Gasteiger charge is 2.37. The molecule has 0 aromatic heterocycles. The van der Waals surface area contributed by atoms with Gasteiger partial charge in [0, 0.05) is 0 Å². The van der Waals surface area contributed by atoms with Gasteiger partial charge in [0.05, 0.1) is 13.2 Å². The smallest absolute Gasteiger partial charge is 0.181 e. The van der Waals surface area contributed by atoms with E-state index in [1.807, 2.05) is 0 Å². The zero-order chi connectivity index (χ0) is 12.3. The molecular formula is C9H18O7. The molecule has 6 atom stereocenters. The van der Waals surface area contributed by atoms with Crippen LogP contribution in [0.3, 0.4) is 0 Å². The molecule has 0 bridgehead atoms. The molecule has 0 amide bonds. The predicted octanol–water partition coefficient (Wildman–Crippen LogP) is -2.82. The van der Waals surface area contributed by atoms with Crippen LogP contribution >= 0.6 is 0 Å². The van der Waals surface area contributed by atoms with Crippen LogP contribution in [0, 0.1) is 0 Å². The van der Waals surface area contributed by atoms with Crippen molar-refractivity contribution in [1.29, 1.82) is 0 Å². The molecular weight excluding hydrogens is 220 g/mol. The van der Waals surface area contributed by atoms with Gasteiger partial charge in [-0.2, -0.15) is 0 Å². The standard InChI is InChI=1S/C9H18O7/c1-4-9(14)16-6(3-15-4)8(13)7(12)5(11)2-10/h4-14H,2-3H2,1H3. The molecule has 0 aromatic rings. The number of aliphatic hydroxyl groups excluding tert-OH is 5. The third-order valence-electron chi connectivity index (χ3n) is 2.55. The number of aliphatic hydroxyl groups is 5. The minimum Gasteiger partial charge on any atom is -0.394 e. The summed E-state index contributed by atoms with van der Waals surface area (Å²) in [5.41, 5.74) is 0. The van der Waals surface area contributed by atoms with Crippen LogP contribution in [0.1, 0.15) is 6.92 Å². The van der Waals surface area contributed by atoms with Crippen LogP contribution in [-0.2, 0) is 9.47 Å². The van der Waals surface area contributed by atoms with Gasteiger partial charge in [0.1, 0.15) is 30.5 Å². The fourth-order valence-corrected chi connectivity index (χ4v) is 1.39. The van der Waals surface area contributed by atoms with E-state index in [1.54, 1.807) is 6.92 Å². The van der Waals surface area contributed by atoms with Crippen LogP contribution in [0.4, 0.5) is 0 Å². The molecule has 0 spiro atoms. The van der Waals surface area contributed by atoms with Crippen molar-refractivity contribution in [3.8, 4) is 0 Å². The maximum absolute atomic E-state index is 9.61. The van der Waals surface area contributed by atoms with Crippen molar-refractivity contribution < 1.29 is 35.0 Å². The van der Waals surface area contributed by atoms with E-state index in [4.69, 9.17) is 19.7 Å². The minimum atomic E-state index is -1.56. The topological polar surface area (TPSA) is 120 Å². The molecule has 1 rings (SSSR count). The second-order valence-electron chi connectivity index (χ2n) is 3.83. The molecule has 1 saturated heterocycles. The van der Waals surface area contributed by atoms with Crippen LogP contribution < -0.4 is 0 Å². The molecule has 0 aromatic carbocycles. The van der Waals surface area contributed by atoms with Crippen molar-refractivity contribution in [2.24, 2.45) is 0 Å². The molecule has 0 radical (unpaired) electrons. The number of hydrogen-bond acceptors (Lipinski definition) is 7. The van der Waals surface area contributed by atoms with Crippen LogP contribution in [0.2, 0.25) is 0 Å². The first-order chi connectivity index (χ1) is 7.47.